The third kappa shape index (κ3) is 5.89. The van der Waals surface area contributed by atoms with Crippen molar-refractivity contribution in [3.05, 3.63) is 62.5 Å². The summed E-state index contributed by atoms with van der Waals surface area (Å²) in [5.74, 6) is 0.757. The summed E-state index contributed by atoms with van der Waals surface area (Å²) in [6.45, 7) is 3.23. The van der Waals surface area contributed by atoms with Crippen LogP contribution in [0.15, 0.2) is 56.5 Å². The van der Waals surface area contributed by atoms with Crippen LogP contribution < -0.4 is 15.5 Å². The lowest BCUT2D eigenvalue weighted by Gasteiger charge is -2.11. The summed E-state index contributed by atoms with van der Waals surface area (Å²) in [5, 5.41) is 7.56. The van der Waals surface area contributed by atoms with Crippen molar-refractivity contribution in [2.45, 2.75) is 13.5 Å². The monoisotopic (exact) mass is 469 g/mol. The number of rotatable bonds is 6. The highest BCUT2D eigenvalue weighted by Gasteiger charge is 2.09. The summed E-state index contributed by atoms with van der Waals surface area (Å²) in [6.07, 6.45) is 1.69. The van der Waals surface area contributed by atoms with E-state index in [4.69, 9.17) is 17.0 Å². The molecule has 0 radical (unpaired) electrons. The van der Waals surface area contributed by atoms with Crippen LogP contribution >= 0.6 is 44.1 Å². The second-order valence-electron chi connectivity index (χ2n) is 4.82. The summed E-state index contributed by atoms with van der Waals surface area (Å²) >= 11 is 12.1. The van der Waals surface area contributed by atoms with Gasteiger partial charge < -0.3 is 10.1 Å². The lowest BCUT2D eigenvalue weighted by atomic mass is 10.2. The number of hydrazone groups is 1. The van der Waals surface area contributed by atoms with Crippen molar-refractivity contribution < 1.29 is 4.74 Å². The molecule has 0 saturated carbocycles. The minimum Gasteiger partial charge on any atom is -0.487 e. The molecule has 0 saturated heterocycles. The number of halogens is 2. The molecule has 0 bridgehead atoms. The fraction of sp³-hybridized carbons (Fsp3) is 0.176. The average Bonchev–Trinajstić information content (AvgIpc) is 2.55. The Morgan fingerprint density at radius 1 is 1.21 bits per heavy atom. The number of benzene rings is 2. The number of hydrogen-bond acceptors (Lipinski definition) is 3. The first-order valence-corrected chi connectivity index (χ1v) is 9.32. The van der Waals surface area contributed by atoms with Crippen LogP contribution in [0.1, 0.15) is 18.1 Å². The van der Waals surface area contributed by atoms with E-state index in [-0.39, 0.29) is 0 Å². The third-order valence-electron chi connectivity index (χ3n) is 2.96. The Labute approximate surface area is 163 Å². The van der Waals surface area contributed by atoms with Crippen LogP contribution in [-0.4, -0.2) is 17.9 Å². The molecule has 4 nitrogen and oxygen atoms in total. The molecule has 126 valence electrons. The topological polar surface area (TPSA) is 45.7 Å². The number of thiocarbonyl (C=S) groups is 1. The number of hydrogen-bond donors (Lipinski definition) is 2. The smallest absolute Gasteiger partial charge is 0.186 e. The van der Waals surface area contributed by atoms with Crippen LogP contribution in [0.25, 0.3) is 0 Å². The van der Waals surface area contributed by atoms with Gasteiger partial charge in [-0.05, 0) is 74.3 Å². The van der Waals surface area contributed by atoms with Crippen LogP contribution in [0.3, 0.4) is 0 Å². The fourth-order valence-corrected chi connectivity index (χ4v) is 3.54. The molecule has 0 aliphatic heterocycles. The first-order valence-electron chi connectivity index (χ1n) is 7.32. The van der Waals surface area contributed by atoms with Crippen molar-refractivity contribution in [2.75, 3.05) is 6.54 Å². The molecule has 0 fully saturated rings. The van der Waals surface area contributed by atoms with Gasteiger partial charge in [-0.1, -0.05) is 30.3 Å². The summed E-state index contributed by atoms with van der Waals surface area (Å²) < 4.78 is 7.60. The van der Waals surface area contributed by atoms with Crippen molar-refractivity contribution >= 4 is 55.4 Å². The molecule has 0 amide bonds. The molecule has 0 spiro atoms. The van der Waals surface area contributed by atoms with Gasteiger partial charge in [0.15, 0.2) is 5.11 Å². The van der Waals surface area contributed by atoms with Gasteiger partial charge in [-0.3, -0.25) is 5.43 Å². The second-order valence-corrected chi connectivity index (χ2v) is 6.93. The maximum Gasteiger partial charge on any atom is 0.186 e. The minimum atomic E-state index is 0.495. The molecular weight excluding hydrogens is 454 g/mol. The summed E-state index contributed by atoms with van der Waals surface area (Å²) in [7, 11) is 0. The maximum atomic E-state index is 5.90. The van der Waals surface area contributed by atoms with Crippen LogP contribution in [0.2, 0.25) is 0 Å². The number of ether oxygens (including phenoxy) is 1. The highest BCUT2D eigenvalue weighted by Crippen LogP contribution is 2.35. The molecule has 0 heterocycles. The Kier molecular flexibility index (Phi) is 7.68. The van der Waals surface area contributed by atoms with Crippen LogP contribution in [0, 0.1) is 0 Å². The van der Waals surface area contributed by atoms with Crippen LogP contribution in [0.4, 0.5) is 0 Å². The third-order valence-corrected chi connectivity index (χ3v) is 4.38. The summed E-state index contributed by atoms with van der Waals surface area (Å²) in [4.78, 5) is 0. The minimum absolute atomic E-state index is 0.495. The first-order chi connectivity index (χ1) is 11.6. The molecule has 24 heavy (non-hydrogen) atoms. The van der Waals surface area contributed by atoms with E-state index in [0.29, 0.717) is 11.7 Å². The number of nitrogens with zero attached hydrogens (tertiary/aromatic N) is 1. The van der Waals surface area contributed by atoms with Crippen molar-refractivity contribution in [1.82, 2.24) is 10.7 Å². The molecule has 2 aromatic carbocycles. The van der Waals surface area contributed by atoms with Crippen molar-refractivity contribution in [2.24, 2.45) is 5.10 Å². The van der Waals surface area contributed by atoms with Crippen molar-refractivity contribution in [3.63, 3.8) is 0 Å². The molecule has 0 aliphatic carbocycles. The van der Waals surface area contributed by atoms with Crippen LogP contribution in [0.5, 0.6) is 5.75 Å². The van der Waals surface area contributed by atoms with Gasteiger partial charge >= 0.3 is 0 Å². The van der Waals surface area contributed by atoms with E-state index in [0.717, 1.165) is 32.4 Å². The van der Waals surface area contributed by atoms with E-state index in [1.807, 2.05) is 49.4 Å². The van der Waals surface area contributed by atoms with E-state index in [1.165, 1.54) is 0 Å². The Morgan fingerprint density at radius 2 is 1.88 bits per heavy atom. The number of nitrogens with one attached hydrogen (secondary N) is 2. The molecule has 7 heteroatoms. The first kappa shape index (κ1) is 18.9. The SMILES string of the molecule is CCNC(=S)N/N=C/c1cc(Br)c(OCc2ccccc2)c(Br)c1. The fourth-order valence-electron chi connectivity index (χ4n) is 1.89. The lowest BCUT2D eigenvalue weighted by molar-refractivity contribution is 0.302. The highest BCUT2D eigenvalue weighted by molar-refractivity contribution is 9.11. The van der Waals surface area contributed by atoms with Gasteiger partial charge in [0.2, 0.25) is 0 Å². The van der Waals surface area contributed by atoms with Gasteiger partial charge in [0.25, 0.3) is 0 Å². The van der Waals surface area contributed by atoms with E-state index in [2.05, 4.69) is 47.7 Å². The molecular formula is C17H17Br2N3OS. The normalized spacial score (nSPS) is 10.6. The predicted molar refractivity (Wildman–Crippen MR) is 110 cm³/mol. The largest absolute Gasteiger partial charge is 0.487 e. The molecule has 0 unspecified atom stereocenters. The Bertz CT molecular complexity index is 700. The molecule has 0 atom stereocenters. The quantitative estimate of drug-likeness (QED) is 0.367. The van der Waals surface area contributed by atoms with E-state index in [1.54, 1.807) is 6.21 Å². The van der Waals surface area contributed by atoms with Crippen LogP contribution in [-0.2, 0) is 6.61 Å². The van der Waals surface area contributed by atoms with Gasteiger partial charge in [-0.15, -0.1) is 0 Å². The molecule has 2 N–H and O–H groups in total. The zero-order chi connectivity index (χ0) is 17.4. The molecule has 0 aromatic heterocycles. The van der Waals surface area contributed by atoms with Crippen molar-refractivity contribution in [1.29, 1.82) is 0 Å². The Balaban J connectivity index is 2.02. The average molecular weight is 471 g/mol. The zero-order valence-electron chi connectivity index (χ0n) is 13.1. The molecule has 2 rings (SSSR count). The van der Waals surface area contributed by atoms with Crippen molar-refractivity contribution in [3.8, 4) is 5.75 Å². The molecule has 0 aliphatic rings. The summed E-state index contributed by atoms with van der Waals surface area (Å²) in [5.41, 5.74) is 4.78. The maximum absolute atomic E-state index is 5.90. The van der Waals surface area contributed by atoms with E-state index in [9.17, 15) is 0 Å². The molecule has 2 aromatic rings. The Morgan fingerprint density at radius 3 is 2.50 bits per heavy atom. The van der Waals surface area contributed by atoms with Gasteiger partial charge in [-0.25, -0.2) is 0 Å². The summed E-state index contributed by atoms with van der Waals surface area (Å²) in [6, 6.07) is 13.9. The standard InChI is InChI=1S/C17H17Br2N3OS/c1-2-20-17(24)22-21-10-13-8-14(18)16(15(19)9-13)23-11-12-6-4-3-5-7-12/h3-10H,2,11H2,1H3,(H2,20,22,24)/b21-10+. The lowest BCUT2D eigenvalue weighted by Crippen LogP contribution is -2.31. The van der Waals surface area contributed by atoms with Gasteiger partial charge in [0.1, 0.15) is 12.4 Å². The second kappa shape index (κ2) is 9.76. The predicted octanol–water partition coefficient (Wildman–Crippen LogP) is 4.61. The van der Waals surface area contributed by atoms with Gasteiger partial charge in [-0.2, -0.15) is 5.10 Å². The zero-order valence-corrected chi connectivity index (χ0v) is 17.0. The Hall–Kier alpha value is -1.44. The van der Waals surface area contributed by atoms with Gasteiger partial charge in [0, 0.05) is 6.54 Å². The highest BCUT2D eigenvalue weighted by atomic mass is 79.9. The van der Waals surface area contributed by atoms with Gasteiger partial charge in [0.05, 0.1) is 15.2 Å². The van der Waals surface area contributed by atoms with E-state index >= 15 is 0 Å². The van der Waals surface area contributed by atoms with E-state index < -0.39 is 0 Å².